The van der Waals surface area contributed by atoms with Gasteiger partial charge in [0.05, 0.1) is 36.6 Å². The Balaban J connectivity index is 1.87. The maximum atomic E-state index is 13.0. The average molecular weight is 425 g/mol. The van der Waals surface area contributed by atoms with E-state index in [1.54, 1.807) is 39.0 Å². The van der Waals surface area contributed by atoms with Gasteiger partial charge >= 0.3 is 5.97 Å². The lowest BCUT2D eigenvalue weighted by atomic mass is 9.91. The molecular formula is C23H23NO7. The smallest absolute Gasteiger partial charge is 0.338 e. The highest BCUT2D eigenvalue weighted by Crippen LogP contribution is 2.37. The number of amides is 2. The van der Waals surface area contributed by atoms with Crippen LogP contribution in [0.1, 0.15) is 51.8 Å². The van der Waals surface area contributed by atoms with Gasteiger partial charge in [-0.3, -0.25) is 14.4 Å². The predicted molar refractivity (Wildman–Crippen MR) is 112 cm³/mol. The number of rotatable bonds is 6. The molecular weight excluding hydrogens is 402 g/mol. The van der Waals surface area contributed by atoms with Gasteiger partial charge in [0.2, 0.25) is 0 Å². The third-order valence-electron chi connectivity index (χ3n) is 4.92. The molecule has 0 spiro atoms. The Labute approximate surface area is 179 Å². The quantitative estimate of drug-likeness (QED) is 0.517. The van der Waals surface area contributed by atoms with Crippen LogP contribution in [0.15, 0.2) is 36.4 Å². The molecule has 0 radical (unpaired) electrons. The number of fused-ring (bicyclic) bond motifs is 1. The van der Waals surface area contributed by atoms with Gasteiger partial charge in [-0.25, -0.2) is 9.69 Å². The number of benzene rings is 2. The summed E-state index contributed by atoms with van der Waals surface area (Å²) in [6.45, 7) is 4.81. The first-order chi connectivity index (χ1) is 14.6. The zero-order valence-electron chi connectivity index (χ0n) is 18.0. The first kappa shape index (κ1) is 22.0. The van der Waals surface area contributed by atoms with Crippen molar-refractivity contribution < 1.29 is 33.4 Å². The maximum Gasteiger partial charge on any atom is 0.338 e. The van der Waals surface area contributed by atoms with Crippen LogP contribution in [0.4, 0.5) is 5.69 Å². The van der Waals surface area contributed by atoms with Crippen LogP contribution in [0.5, 0.6) is 11.5 Å². The molecule has 0 aromatic heterocycles. The summed E-state index contributed by atoms with van der Waals surface area (Å²) in [7, 11) is 2.91. The fraction of sp³-hybridized carbons (Fsp3) is 0.304. The number of methoxy groups -OCH3 is 2. The van der Waals surface area contributed by atoms with E-state index in [0.717, 1.165) is 4.90 Å². The van der Waals surface area contributed by atoms with Crippen molar-refractivity contribution in [2.75, 3.05) is 25.7 Å². The van der Waals surface area contributed by atoms with Gasteiger partial charge in [0.25, 0.3) is 11.8 Å². The van der Waals surface area contributed by atoms with Crippen LogP contribution in [0.2, 0.25) is 0 Å². The van der Waals surface area contributed by atoms with Gasteiger partial charge in [0, 0.05) is 11.5 Å². The van der Waals surface area contributed by atoms with E-state index in [2.05, 4.69) is 0 Å². The molecule has 0 saturated heterocycles. The van der Waals surface area contributed by atoms with Gasteiger partial charge in [-0.2, -0.15) is 0 Å². The number of anilines is 1. The summed E-state index contributed by atoms with van der Waals surface area (Å²) in [6, 6.07) is 8.81. The summed E-state index contributed by atoms with van der Waals surface area (Å²) < 4.78 is 15.5. The largest absolute Gasteiger partial charge is 0.497 e. The highest BCUT2D eigenvalue weighted by Gasteiger charge is 2.38. The van der Waals surface area contributed by atoms with Crippen LogP contribution in [-0.4, -0.2) is 44.4 Å². The van der Waals surface area contributed by atoms with Crippen molar-refractivity contribution in [1.29, 1.82) is 0 Å². The molecule has 8 nitrogen and oxygen atoms in total. The van der Waals surface area contributed by atoms with Gasteiger partial charge in [-0.15, -0.1) is 0 Å². The van der Waals surface area contributed by atoms with E-state index < -0.39 is 23.2 Å². The second-order valence-corrected chi connectivity index (χ2v) is 7.99. The number of Topliss-reactive ketones (excluding diaryl/α,β-unsaturated/α-hetero) is 1. The molecule has 0 aliphatic carbocycles. The van der Waals surface area contributed by atoms with E-state index in [9.17, 15) is 19.2 Å². The lowest BCUT2D eigenvalue weighted by Gasteiger charge is -2.18. The summed E-state index contributed by atoms with van der Waals surface area (Å²) in [5.74, 6) is -1.32. The summed E-state index contributed by atoms with van der Waals surface area (Å²) in [4.78, 5) is 51.2. The number of hydrogen-bond acceptors (Lipinski definition) is 7. The predicted octanol–water partition coefficient (Wildman–Crippen LogP) is 3.28. The first-order valence-electron chi connectivity index (χ1n) is 9.53. The molecule has 31 heavy (non-hydrogen) atoms. The number of carbonyl (C=O) groups excluding carboxylic acids is 4. The molecule has 3 rings (SSSR count). The normalized spacial score (nSPS) is 13.1. The summed E-state index contributed by atoms with van der Waals surface area (Å²) in [5.41, 5.74) is -0.0809. The molecule has 2 aromatic rings. The number of ether oxygens (including phenoxy) is 3. The Morgan fingerprint density at radius 2 is 1.58 bits per heavy atom. The highest BCUT2D eigenvalue weighted by atomic mass is 16.5. The van der Waals surface area contributed by atoms with Crippen molar-refractivity contribution >= 4 is 29.3 Å². The van der Waals surface area contributed by atoms with E-state index in [1.807, 2.05) is 0 Å². The Bertz CT molecular complexity index is 1080. The van der Waals surface area contributed by atoms with Crippen LogP contribution in [0.3, 0.4) is 0 Å². The molecule has 1 aliphatic rings. The van der Waals surface area contributed by atoms with Crippen LogP contribution in [0.25, 0.3) is 0 Å². The Morgan fingerprint density at radius 1 is 0.903 bits per heavy atom. The van der Waals surface area contributed by atoms with E-state index in [4.69, 9.17) is 14.2 Å². The fourth-order valence-corrected chi connectivity index (χ4v) is 2.99. The van der Waals surface area contributed by atoms with Crippen molar-refractivity contribution in [2.24, 2.45) is 5.41 Å². The van der Waals surface area contributed by atoms with E-state index in [0.29, 0.717) is 5.75 Å². The molecule has 0 N–H and O–H groups in total. The minimum atomic E-state index is -0.749. The van der Waals surface area contributed by atoms with Crippen molar-refractivity contribution in [1.82, 2.24) is 0 Å². The zero-order valence-corrected chi connectivity index (χ0v) is 18.0. The summed E-state index contributed by atoms with van der Waals surface area (Å²) in [6.07, 6.45) is 0. The second kappa shape index (κ2) is 8.22. The Kier molecular flexibility index (Phi) is 5.83. The molecule has 162 valence electrons. The molecule has 0 fully saturated rings. The molecule has 0 atom stereocenters. The summed E-state index contributed by atoms with van der Waals surface area (Å²) in [5, 5.41) is 0. The molecule has 2 amide bonds. The topological polar surface area (TPSA) is 99.2 Å². The van der Waals surface area contributed by atoms with Crippen LogP contribution >= 0.6 is 0 Å². The van der Waals surface area contributed by atoms with E-state index >= 15 is 0 Å². The fourth-order valence-electron chi connectivity index (χ4n) is 2.99. The maximum absolute atomic E-state index is 13.0. The second-order valence-electron chi connectivity index (χ2n) is 7.99. The molecule has 1 aliphatic heterocycles. The van der Waals surface area contributed by atoms with E-state index in [1.165, 1.54) is 32.4 Å². The van der Waals surface area contributed by atoms with Gasteiger partial charge in [-0.1, -0.05) is 20.8 Å². The molecule has 8 heteroatoms. The van der Waals surface area contributed by atoms with E-state index in [-0.39, 0.29) is 40.5 Å². The van der Waals surface area contributed by atoms with Crippen molar-refractivity contribution in [3.05, 3.63) is 53.1 Å². The number of esters is 1. The number of nitrogens with zero attached hydrogens (tertiary/aromatic N) is 1. The SMILES string of the molecule is COc1ccc(N2C(=O)c3ccc(C(=O)OCC(=O)C(C)(C)C)cc3C2=O)c(OC)c1. The van der Waals surface area contributed by atoms with Crippen LogP contribution in [0, 0.1) is 5.41 Å². The lowest BCUT2D eigenvalue weighted by molar-refractivity contribution is -0.129. The van der Waals surface area contributed by atoms with Crippen LogP contribution in [-0.2, 0) is 9.53 Å². The minimum absolute atomic E-state index is 0.0690. The zero-order chi connectivity index (χ0) is 22.9. The van der Waals surface area contributed by atoms with Crippen molar-refractivity contribution in [2.45, 2.75) is 20.8 Å². The summed E-state index contributed by atoms with van der Waals surface area (Å²) >= 11 is 0. The number of carbonyl (C=O) groups is 4. The first-order valence-corrected chi connectivity index (χ1v) is 9.53. The van der Waals surface area contributed by atoms with Gasteiger partial charge in [0.1, 0.15) is 11.5 Å². The minimum Gasteiger partial charge on any atom is -0.497 e. The molecule has 0 bridgehead atoms. The Hall–Kier alpha value is -3.68. The average Bonchev–Trinajstić information content (AvgIpc) is 3.00. The lowest BCUT2D eigenvalue weighted by Crippen LogP contribution is -2.29. The highest BCUT2D eigenvalue weighted by molar-refractivity contribution is 6.35. The monoisotopic (exact) mass is 425 g/mol. The number of hydrogen-bond donors (Lipinski definition) is 0. The Morgan fingerprint density at radius 3 is 2.19 bits per heavy atom. The van der Waals surface area contributed by atoms with Gasteiger partial charge in [0.15, 0.2) is 12.4 Å². The standard InChI is InChI=1S/C23H23NO7/c1-23(2,3)19(25)12-31-22(28)13-6-8-15-16(10-13)21(27)24(20(15)26)17-9-7-14(29-4)11-18(17)30-5/h6-11H,12H2,1-5H3. The molecule has 0 unspecified atom stereocenters. The third kappa shape index (κ3) is 4.14. The number of imide groups is 1. The molecule has 1 heterocycles. The number of ketones is 1. The van der Waals surface area contributed by atoms with Gasteiger partial charge < -0.3 is 14.2 Å². The van der Waals surface area contributed by atoms with Crippen molar-refractivity contribution in [3.8, 4) is 11.5 Å². The van der Waals surface area contributed by atoms with Crippen LogP contribution < -0.4 is 14.4 Å². The third-order valence-corrected chi connectivity index (χ3v) is 4.92. The van der Waals surface area contributed by atoms with Crippen molar-refractivity contribution in [3.63, 3.8) is 0 Å². The molecule has 2 aromatic carbocycles. The molecule has 0 saturated carbocycles. The van der Waals surface area contributed by atoms with Gasteiger partial charge in [-0.05, 0) is 30.3 Å².